The molecule has 0 aliphatic heterocycles. The topological polar surface area (TPSA) is 87.7 Å². The van der Waals surface area contributed by atoms with Crippen molar-refractivity contribution in [3.63, 3.8) is 0 Å². The predicted molar refractivity (Wildman–Crippen MR) is 71.9 cm³/mol. The molecule has 6 nitrogen and oxygen atoms in total. The number of benzene rings is 1. The highest BCUT2D eigenvalue weighted by Gasteiger charge is 2.06. The first kappa shape index (κ1) is 15.1. The maximum absolute atomic E-state index is 11.4. The molecule has 1 aromatic rings. The molecule has 0 bridgehead atoms. The summed E-state index contributed by atoms with van der Waals surface area (Å²) in [5, 5.41) is 13.8. The van der Waals surface area contributed by atoms with E-state index in [9.17, 15) is 9.59 Å². The average molecular weight is 287 g/mol. The Morgan fingerprint density at radius 1 is 1.42 bits per heavy atom. The summed E-state index contributed by atoms with van der Waals surface area (Å²) in [6.07, 6.45) is -0.128. The van der Waals surface area contributed by atoms with Gasteiger partial charge in [0.05, 0.1) is 18.1 Å². The zero-order valence-electron chi connectivity index (χ0n) is 10.4. The number of aliphatic carboxylic acids is 1. The molecule has 0 saturated heterocycles. The van der Waals surface area contributed by atoms with Crippen molar-refractivity contribution in [1.29, 1.82) is 0 Å². The number of carboxylic acids is 1. The number of anilines is 1. The minimum Gasteiger partial charge on any atom is -0.492 e. The lowest BCUT2D eigenvalue weighted by Gasteiger charge is -2.09. The van der Waals surface area contributed by atoms with Gasteiger partial charge in [-0.1, -0.05) is 11.6 Å². The van der Waals surface area contributed by atoms with Gasteiger partial charge >= 0.3 is 12.0 Å². The Morgan fingerprint density at radius 3 is 2.74 bits per heavy atom. The van der Waals surface area contributed by atoms with E-state index in [1.807, 2.05) is 6.92 Å². The summed E-state index contributed by atoms with van der Waals surface area (Å²) in [5.74, 6) is -0.426. The molecule has 7 heteroatoms. The van der Waals surface area contributed by atoms with Crippen LogP contribution in [0, 0.1) is 0 Å². The van der Waals surface area contributed by atoms with Crippen molar-refractivity contribution in [3.05, 3.63) is 23.2 Å². The Labute approximate surface area is 115 Å². The van der Waals surface area contributed by atoms with Gasteiger partial charge in [0.25, 0.3) is 0 Å². The second-order valence-corrected chi connectivity index (χ2v) is 4.01. The van der Waals surface area contributed by atoms with Crippen molar-refractivity contribution < 1.29 is 19.4 Å². The molecule has 0 unspecified atom stereocenters. The Kier molecular flexibility index (Phi) is 5.95. The molecular formula is C12H15ClN2O4. The molecule has 3 N–H and O–H groups in total. The molecule has 0 radical (unpaired) electrons. The minimum absolute atomic E-state index is 0.0614. The highest BCUT2D eigenvalue weighted by molar-refractivity contribution is 6.32. The quantitative estimate of drug-likeness (QED) is 0.749. The average Bonchev–Trinajstić information content (AvgIpc) is 2.32. The molecule has 1 rings (SSSR count). The lowest BCUT2D eigenvalue weighted by molar-refractivity contribution is -0.136. The van der Waals surface area contributed by atoms with Gasteiger partial charge < -0.3 is 20.5 Å². The van der Waals surface area contributed by atoms with Crippen LogP contribution in [0.3, 0.4) is 0 Å². The van der Waals surface area contributed by atoms with E-state index in [-0.39, 0.29) is 13.0 Å². The summed E-state index contributed by atoms with van der Waals surface area (Å²) >= 11 is 5.96. The fraction of sp³-hybridized carbons (Fsp3) is 0.333. The van der Waals surface area contributed by atoms with Gasteiger partial charge in [0, 0.05) is 12.2 Å². The zero-order chi connectivity index (χ0) is 14.3. The molecule has 0 saturated carbocycles. The highest BCUT2D eigenvalue weighted by Crippen LogP contribution is 2.27. The van der Waals surface area contributed by atoms with E-state index in [0.717, 1.165) is 0 Å². The number of ether oxygens (including phenoxy) is 1. The summed E-state index contributed by atoms with van der Waals surface area (Å²) in [7, 11) is 0. The monoisotopic (exact) mass is 286 g/mol. The van der Waals surface area contributed by atoms with Crippen molar-refractivity contribution in [2.24, 2.45) is 0 Å². The van der Waals surface area contributed by atoms with Gasteiger partial charge in [0.2, 0.25) is 0 Å². The first-order valence-electron chi connectivity index (χ1n) is 5.72. The fourth-order valence-corrected chi connectivity index (χ4v) is 1.54. The van der Waals surface area contributed by atoms with Crippen LogP contribution in [0.5, 0.6) is 5.75 Å². The first-order valence-corrected chi connectivity index (χ1v) is 6.09. The van der Waals surface area contributed by atoms with Crippen LogP contribution in [0.4, 0.5) is 10.5 Å². The van der Waals surface area contributed by atoms with E-state index < -0.39 is 12.0 Å². The molecule has 0 atom stereocenters. The minimum atomic E-state index is -0.968. The SMILES string of the molecule is CCOc1ccc(NC(=O)NCCC(=O)O)cc1Cl. The number of nitrogens with one attached hydrogen (secondary N) is 2. The summed E-state index contributed by atoms with van der Waals surface area (Å²) in [4.78, 5) is 21.7. The van der Waals surface area contributed by atoms with Crippen molar-refractivity contribution in [3.8, 4) is 5.75 Å². The van der Waals surface area contributed by atoms with Crippen LogP contribution in [0.1, 0.15) is 13.3 Å². The van der Waals surface area contributed by atoms with Crippen LogP contribution >= 0.6 is 11.6 Å². The van der Waals surface area contributed by atoms with Gasteiger partial charge in [0.1, 0.15) is 5.75 Å². The van der Waals surface area contributed by atoms with Crippen LogP contribution in [-0.4, -0.2) is 30.3 Å². The number of rotatable bonds is 6. The molecule has 104 valence electrons. The largest absolute Gasteiger partial charge is 0.492 e. The molecule has 0 aromatic heterocycles. The van der Waals surface area contributed by atoms with Crippen molar-refractivity contribution in [2.75, 3.05) is 18.5 Å². The van der Waals surface area contributed by atoms with Crippen LogP contribution in [0.2, 0.25) is 5.02 Å². The van der Waals surface area contributed by atoms with Crippen LogP contribution < -0.4 is 15.4 Å². The molecule has 2 amide bonds. The molecule has 0 heterocycles. The number of halogens is 1. The Hall–Kier alpha value is -1.95. The number of urea groups is 1. The third-order valence-electron chi connectivity index (χ3n) is 2.11. The lowest BCUT2D eigenvalue weighted by Crippen LogP contribution is -2.30. The number of hydrogen-bond donors (Lipinski definition) is 3. The normalized spacial score (nSPS) is 9.79. The number of hydrogen-bond acceptors (Lipinski definition) is 3. The Morgan fingerprint density at radius 2 is 2.16 bits per heavy atom. The molecule has 0 aliphatic carbocycles. The third kappa shape index (κ3) is 5.48. The zero-order valence-corrected chi connectivity index (χ0v) is 11.2. The summed E-state index contributed by atoms with van der Waals surface area (Å²) < 4.78 is 5.26. The highest BCUT2D eigenvalue weighted by atomic mass is 35.5. The van der Waals surface area contributed by atoms with Crippen LogP contribution in [0.15, 0.2) is 18.2 Å². The number of carbonyl (C=O) groups is 2. The van der Waals surface area contributed by atoms with Crippen molar-refractivity contribution in [1.82, 2.24) is 5.32 Å². The van der Waals surface area contributed by atoms with E-state index in [1.54, 1.807) is 18.2 Å². The standard InChI is InChI=1S/C12H15ClN2O4/c1-2-19-10-4-3-8(7-9(10)13)15-12(18)14-6-5-11(16)17/h3-4,7H,2,5-6H2,1H3,(H,16,17)(H2,14,15,18). The van der Waals surface area contributed by atoms with Gasteiger partial charge in [-0.25, -0.2) is 4.79 Å². The molecule has 0 fully saturated rings. The number of carbonyl (C=O) groups excluding carboxylic acids is 1. The van der Waals surface area contributed by atoms with Crippen molar-refractivity contribution >= 4 is 29.3 Å². The van der Waals surface area contributed by atoms with Crippen molar-refractivity contribution in [2.45, 2.75) is 13.3 Å². The van der Waals surface area contributed by atoms with Crippen LogP contribution in [0.25, 0.3) is 0 Å². The Bertz CT molecular complexity index is 465. The van der Waals surface area contributed by atoms with E-state index in [1.165, 1.54) is 0 Å². The van der Waals surface area contributed by atoms with E-state index >= 15 is 0 Å². The summed E-state index contributed by atoms with van der Waals surface area (Å²) in [6, 6.07) is 4.37. The van der Waals surface area contributed by atoms with Crippen LogP contribution in [-0.2, 0) is 4.79 Å². The van der Waals surface area contributed by atoms with Gasteiger partial charge in [-0.2, -0.15) is 0 Å². The van der Waals surface area contributed by atoms with E-state index in [2.05, 4.69) is 10.6 Å². The van der Waals surface area contributed by atoms with Gasteiger partial charge in [-0.05, 0) is 25.1 Å². The molecule has 0 aliphatic rings. The summed E-state index contributed by atoms with van der Waals surface area (Å²) in [5.41, 5.74) is 0.501. The maximum Gasteiger partial charge on any atom is 0.319 e. The number of amides is 2. The van der Waals surface area contributed by atoms with Gasteiger partial charge in [0.15, 0.2) is 0 Å². The van der Waals surface area contributed by atoms with E-state index in [0.29, 0.717) is 23.1 Å². The van der Waals surface area contributed by atoms with E-state index in [4.69, 9.17) is 21.4 Å². The third-order valence-corrected chi connectivity index (χ3v) is 2.41. The molecule has 1 aromatic carbocycles. The number of carboxylic acid groups (broad SMARTS) is 1. The summed E-state index contributed by atoms with van der Waals surface area (Å²) in [6.45, 7) is 2.41. The second-order valence-electron chi connectivity index (χ2n) is 3.60. The molecular weight excluding hydrogens is 272 g/mol. The smallest absolute Gasteiger partial charge is 0.319 e. The first-order chi connectivity index (χ1) is 9.02. The fourth-order valence-electron chi connectivity index (χ4n) is 1.31. The van der Waals surface area contributed by atoms with Gasteiger partial charge in [-0.15, -0.1) is 0 Å². The second kappa shape index (κ2) is 7.48. The lowest BCUT2D eigenvalue weighted by atomic mass is 10.3. The maximum atomic E-state index is 11.4. The van der Waals surface area contributed by atoms with Gasteiger partial charge in [-0.3, -0.25) is 4.79 Å². The molecule has 19 heavy (non-hydrogen) atoms. The Balaban J connectivity index is 2.50. The predicted octanol–water partition coefficient (Wildman–Crippen LogP) is 2.33. The molecule has 0 spiro atoms.